The molecule has 0 saturated heterocycles. The molecule has 4 heteroatoms. The molecule has 19 heavy (non-hydrogen) atoms. The monoisotopic (exact) mass is 277 g/mol. The number of hydrazone groups is 1. The molecule has 0 aliphatic carbocycles. The largest absolute Gasteiger partial charge is 0.361 e. The molecule has 0 bridgehead atoms. The summed E-state index contributed by atoms with van der Waals surface area (Å²) in [5.41, 5.74) is 5.12. The van der Waals surface area contributed by atoms with Crippen molar-refractivity contribution in [2.45, 2.75) is 39.5 Å². The molecule has 0 radical (unpaired) electrons. The third-order valence-electron chi connectivity index (χ3n) is 2.70. The minimum Gasteiger partial charge on any atom is -0.361 e. The van der Waals surface area contributed by atoms with Crippen LogP contribution in [0.3, 0.4) is 0 Å². The summed E-state index contributed by atoms with van der Waals surface area (Å²) in [6.07, 6.45) is 4.27. The summed E-state index contributed by atoms with van der Waals surface area (Å²) in [6, 6.07) is 10.2. The maximum absolute atomic E-state index is 5.19. The first-order chi connectivity index (χ1) is 9.27. The standard InChI is InChI=1S/C15H23N3S/c1-3-5-12-16-15(19)18-17-14(9-4-2)13-10-7-6-8-11-13/h6-8,10-11H,3-5,9,12H2,1-2H3,(H2,16,18,19)/b17-14-. The minimum absolute atomic E-state index is 0.595. The van der Waals surface area contributed by atoms with E-state index in [1.807, 2.05) is 18.2 Å². The van der Waals surface area contributed by atoms with Crippen LogP contribution in [-0.2, 0) is 0 Å². The van der Waals surface area contributed by atoms with Gasteiger partial charge in [-0.2, -0.15) is 5.10 Å². The summed E-state index contributed by atoms with van der Waals surface area (Å²) in [6.45, 7) is 5.20. The first-order valence-electron chi connectivity index (χ1n) is 6.93. The van der Waals surface area contributed by atoms with Gasteiger partial charge in [0.2, 0.25) is 0 Å². The van der Waals surface area contributed by atoms with Gasteiger partial charge in [0.1, 0.15) is 0 Å². The van der Waals surface area contributed by atoms with Crippen molar-refractivity contribution in [2.24, 2.45) is 5.10 Å². The van der Waals surface area contributed by atoms with Crippen LogP contribution in [0.4, 0.5) is 0 Å². The van der Waals surface area contributed by atoms with Crippen LogP contribution in [0.2, 0.25) is 0 Å². The van der Waals surface area contributed by atoms with Gasteiger partial charge in [0, 0.05) is 6.54 Å². The molecular formula is C15H23N3S. The first kappa shape index (κ1) is 15.6. The summed E-state index contributed by atoms with van der Waals surface area (Å²) < 4.78 is 0. The number of nitrogens with one attached hydrogen (secondary N) is 2. The smallest absolute Gasteiger partial charge is 0.186 e. The Bertz CT molecular complexity index is 401. The van der Waals surface area contributed by atoms with E-state index in [0.29, 0.717) is 5.11 Å². The van der Waals surface area contributed by atoms with Crippen molar-refractivity contribution in [3.8, 4) is 0 Å². The summed E-state index contributed by atoms with van der Waals surface area (Å²) in [5, 5.41) is 8.17. The molecule has 0 unspecified atom stereocenters. The van der Waals surface area contributed by atoms with E-state index < -0.39 is 0 Å². The highest BCUT2D eigenvalue weighted by atomic mass is 32.1. The zero-order valence-electron chi connectivity index (χ0n) is 11.8. The molecule has 0 atom stereocenters. The SMILES string of the molecule is CCCCNC(=S)N/N=C(/CCC)c1ccccc1. The van der Waals surface area contributed by atoms with Crippen LogP contribution in [0, 0.1) is 0 Å². The predicted molar refractivity (Wildman–Crippen MR) is 86.5 cm³/mol. The fourth-order valence-corrected chi connectivity index (χ4v) is 1.82. The van der Waals surface area contributed by atoms with Crippen molar-refractivity contribution in [1.29, 1.82) is 0 Å². The fraction of sp³-hybridized carbons (Fsp3) is 0.467. The van der Waals surface area contributed by atoms with Gasteiger partial charge in [-0.15, -0.1) is 0 Å². The van der Waals surface area contributed by atoms with E-state index in [-0.39, 0.29) is 0 Å². The summed E-state index contributed by atoms with van der Waals surface area (Å²) in [5.74, 6) is 0. The van der Waals surface area contributed by atoms with E-state index in [2.05, 4.69) is 41.8 Å². The molecule has 0 aliphatic heterocycles. The second-order valence-electron chi connectivity index (χ2n) is 4.40. The van der Waals surface area contributed by atoms with E-state index in [9.17, 15) is 0 Å². The highest BCUT2D eigenvalue weighted by Gasteiger charge is 2.02. The molecule has 0 heterocycles. The van der Waals surface area contributed by atoms with Crippen molar-refractivity contribution in [1.82, 2.24) is 10.7 Å². The Morgan fingerprint density at radius 2 is 1.89 bits per heavy atom. The molecule has 3 nitrogen and oxygen atoms in total. The highest BCUT2D eigenvalue weighted by Crippen LogP contribution is 2.05. The quantitative estimate of drug-likeness (QED) is 0.347. The van der Waals surface area contributed by atoms with Gasteiger partial charge in [-0.1, -0.05) is 57.0 Å². The average Bonchev–Trinajstić information content (AvgIpc) is 2.44. The lowest BCUT2D eigenvalue weighted by atomic mass is 10.1. The number of nitrogens with zero attached hydrogens (tertiary/aromatic N) is 1. The van der Waals surface area contributed by atoms with Crippen LogP contribution >= 0.6 is 12.2 Å². The van der Waals surface area contributed by atoms with Gasteiger partial charge in [0.25, 0.3) is 0 Å². The Balaban J connectivity index is 2.56. The van der Waals surface area contributed by atoms with Gasteiger partial charge in [0.15, 0.2) is 5.11 Å². The zero-order chi connectivity index (χ0) is 13.9. The van der Waals surface area contributed by atoms with Gasteiger partial charge >= 0.3 is 0 Å². The van der Waals surface area contributed by atoms with E-state index in [4.69, 9.17) is 12.2 Å². The normalized spacial score (nSPS) is 11.2. The highest BCUT2D eigenvalue weighted by molar-refractivity contribution is 7.80. The van der Waals surface area contributed by atoms with E-state index in [0.717, 1.165) is 43.5 Å². The lowest BCUT2D eigenvalue weighted by Gasteiger charge is -2.09. The van der Waals surface area contributed by atoms with Crippen molar-refractivity contribution in [3.63, 3.8) is 0 Å². The number of thiocarbonyl (C=S) groups is 1. The number of rotatable bonds is 7. The second kappa shape index (κ2) is 9.50. The maximum atomic E-state index is 5.19. The Morgan fingerprint density at radius 1 is 1.16 bits per heavy atom. The van der Waals surface area contributed by atoms with Gasteiger partial charge in [-0.25, -0.2) is 0 Å². The molecule has 0 fully saturated rings. The second-order valence-corrected chi connectivity index (χ2v) is 4.80. The Morgan fingerprint density at radius 3 is 2.53 bits per heavy atom. The zero-order valence-corrected chi connectivity index (χ0v) is 12.6. The molecule has 1 aromatic carbocycles. The lowest BCUT2D eigenvalue weighted by molar-refractivity contribution is 0.744. The van der Waals surface area contributed by atoms with E-state index >= 15 is 0 Å². The molecule has 0 amide bonds. The van der Waals surface area contributed by atoms with Crippen LogP contribution in [0.1, 0.15) is 45.1 Å². The van der Waals surface area contributed by atoms with Crippen LogP contribution in [0.25, 0.3) is 0 Å². The Kier molecular flexibility index (Phi) is 7.82. The summed E-state index contributed by atoms with van der Waals surface area (Å²) in [4.78, 5) is 0. The predicted octanol–water partition coefficient (Wildman–Crippen LogP) is 3.46. The third kappa shape index (κ3) is 6.34. The molecule has 1 aromatic rings. The van der Waals surface area contributed by atoms with Gasteiger partial charge in [0.05, 0.1) is 5.71 Å². The summed E-state index contributed by atoms with van der Waals surface area (Å²) >= 11 is 5.19. The Hall–Kier alpha value is -1.42. The molecule has 1 rings (SSSR count). The fourth-order valence-electron chi connectivity index (χ4n) is 1.67. The van der Waals surface area contributed by atoms with Crippen LogP contribution in [0.5, 0.6) is 0 Å². The lowest BCUT2D eigenvalue weighted by Crippen LogP contribution is -2.33. The molecule has 0 spiro atoms. The van der Waals surface area contributed by atoms with Crippen LogP contribution in [0.15, 0.2) is 35.4 Å². The van der Waals surface area contributed by atoms with Gasteiger partial charge in [-0.3, -0.25) is 5.43 Å². The average molecular weight is 277 g/mol. The molecule has 104 valence electrons. The topological polar surface area (TPSA) is 36.4 Å². The van der Waals surface area contributed by atoms with Crippen molar-refractivity contribution >= 4 is 23.0 Å². The number of unbranched alkanes of at least 4 members (excludes halogenated alkanes) is 1. The Labute approximate surface area is 121 Å². The first-order valence-corrected chi connectivity index (χ1v) is 7.34. The van der Waals surface area contributed by atoms with Crippen LogP contribution in [-0.4, -0.2) is 17.4 Å². The van der Waals surface area contributed by atoms with Crippen molar-refractivity contribution < 1.29 is 0 Å². The van der Waals surface area contributed by atoms with Gasteiger partial charge < -0.3 is 5.32 Å². The van der Waals surface area contributed by atoms with E-state index in [1.165, 1.54) is 0 Å². The number of benzene rings is 1. The van der Waals surface area contributed by atoms with Crippen LogP contribution < -0.4 is 10.7 Å². The molecule has 0 aromatic heterocycles. The number of hydrogen-bond acceptors (Lipinski definition) is 2. The molecular weight excluding hydrogens is 254 g/mol. The van der Waals surface area contributed by atoms with Crippen molar-refractivity contribution in [2.75, 3.05) is 6.54 Å². The van der Waals surface area contributed by atoms with Crippen molar-refractivity contribution in [3.05, 3.63) is 35.9 Å². The molecule has 0 saturated carbocycles. The molecule has 2 N–H and O–H groups in total. The third-order valence-corrected chi connectivity index (χ3v) is 2.94. The maximum Gasteiger partial charge on any atom is 0.186 e. The van der Waals surface area contributed by atoms with Gasteiger partial charge in [-0.05, 0) is 30.6 Å². The van der Waals surface area contributed by atoms with E-state index in [1.54, 1.807) is 0 Å². The summed E-state index contributed by atoms with van der Waals surface area (Å²) in [7, 11) is 0. The number of hydrogen-bond donors (Lipinski definition) is 2. The minimum atomic E-state index is 0.595. The molecule has 0 aliphatic rings.